The molecule has 0 bridgehead atoms. The Balaban J connectivity index is -0.0000000980. The Labute approximate surface area is 152 Å². The number of unbranched alkanes of at least 4 members (excludes halogenated alkanes) is 1. The molecule has 0 saturated heterocycles. The summed E-state index contributed by atoms with van der Waals surface area (Å²) in [7, 11) is 4.50. The van der Waals surface area contributed by atoms with E-state index < -0.39 is 0 Å². The molecule has 4 heteroatoms. The summed E-state index contributed by atoms with van der Waals surface area (Å²) in [6.45, 7) is 13.7. The van der Waals surface area contributed by atoms with Crippen molar-refractivity contribution in [1.29, 1.82) is 0 Å². The predicted octanol–water partition coefficient (Wildman–Crippen LogP) is -2.91. The highest BCUT2D eigenvalue weighted by atomic mass is 79.9. The highest BCUT2D eigenvalue weighted by Crippen LogP contribution is 2.09. The van der Waals surface area contributed by atoms with Crippen molar-refractivity contribution in [3.8, 4) is 0 Å². The fourth-order valence-corrected chi connectivity index (χ4v) is 2.23. The molecule has 0 spiro atoms. The lowest BCUT2D eigenvalue weighted by molar-refractivity contribution is -0.930. The van der Waals surface area contributed by atoms with Gasteiger partial charge in [-0.25, -0.2) is 0 Å². The molecule has 0 aliphatic carbocycles. The molecule has 0 atom stereocenters. The average Bonchev–Trinajstić information content (AvgIpc) is 2.23. The van der Waals surface area contributed by atoms with E-state index >= 15 is 0 Å². The van der Waals surface area contributed by atoms with Gasteiger partial charge in [-0.2, -0.15) is 0 Å². The van der Waals surface area contributed by atoms with Crippen LogP contribution in [0.3, 0.4) is 0 Å². The molecular formula is C16H44Br2N2. The van der Waals surface area contributed by atoms with E-state index in [0.29, 0.717) is 0 Å². The van der Waals surface area contributed by atoms with Crippen LogP contribution in [0, 0.1) is 0 Å². The SMILES string of the molecule is C.C.C.CCCC[N+](CC)(CC)CCC[NH+](C)C.[Br-].[Br-]. The second-order valence-electron chi connectivity index (χ2n) is 5.09. The molecule has 0 aromatic heterocycles. The summed E-state index contributed by atoms with van der Waals surface area (Å²) in [6, 6.07) is 0. The molecule has 2 nitrogen and oxygen atoms in total. The second-order valence-corrected chi connectivity index (χ2v) is 5.09. The van der Waals surface area contributed by atoms with Gasteiger partial charge in [0, 0.05) is 6.42 Å². The highest BCUT2D eigenvalue weighted by molar-refractivity contribution is 4.43. The summed E-state index contributed by atoms with van der Waals surface area (Å²) in [5.41, 5.74) is 0. The Bertz CT molecular complexity index is 149. The minimum absolute atomic E-state index is 0. The van der Waals surface area contributed by atoms with E-state index in [1.807, 2.05) is 0 Å². The van der Waals surface area contributed by atoms with Crippen LogP contribution in [0.1, 0.15) is 62.3 Å². The lowest BCUT2D eigenvalue weighted by Gasteiger charge is -2.37. The first-order valence-corrected chi connectivity index (χ1v) is 6.74. The van der Waals surface area contributed by atoms with Crippen LogP contribution in [0.25, 0.3) is 0 Å². The molecule has 0 amide bonds. The molecule has 132 valence electrons. The van der Waals surface area contributed by atoms with E-state index in [1.54, 1.807) is 4.90 Å². The molecule has 0 unspecified atom stereocenters. The zero-order valence-corrected chi connectivity index (χ0v) is 15.5. The molecule has 0 aliphatic heterocycles. The molecule has 1 N–H and O–H groups in total. The maximum absolute atomic E-state index is 2.35. The van der Waals surface area contributed by atoms with Gasteiger partial charge >= 0.3 is 0 Å². The smallest absolute Gasteiger partial charge is 0.0840 e. The van der Waals surface area contributed by atoms with E-state index in [0.717, 1.165) is 0 Å². The summed E-state index contributed by atoms with van der Waals surface area (Å²) in [5, 5.41) is 0. The van der Waals surface area contributed by atoms with Gasteiger partial charge in [-0.05, 0) is 20.3 Å². The Kier molecular flexibility index (Phi) is 41.3. The summed E-state index contributed by atoms with van der Waals surface area (Å²) in [4.78, 5) is 1.58. The van der Waals surface area contributed by atoms with Crippen molar-refractivity contribution in [1.82, 2.24) is 0 Å². The van der Waals surface area contributed by atoms with Crippen LogP contribution < -0.4 is 38.9 Å². The maximum Gasteiger partial charge on any atom is 0.0840 e. The van der Waals surface area contributed by atoms with Crippen LogP contribution in [0.5, 0.6) is 0 Å². The van der Waals surface area contributed by atoms with Gasteiger partial charge in [-0.1, -0.05) is 35.6 Å². The second kappa shape index (κ2) is 22.2. The van der Waals surface area contributed by atoms with Crippen molar-refractivity contribution in [2.45, 2.75) is 62.3 Å². The first-order chi connectivity index (χ1) is 7.10. The normalized spacial score (nSPS) is 9.30. The van der Waals surface area contributed by atoms with Gasteiger partial charge in [0.05, 0.1) is 46.8 Å². The number of nitrogens with zero attached hydrogens (tertiary/aromatic N) is 1. The number of quaternary nitrogens is 2. The largest absolute Gasteiger partial charge is 1.00 e. The first kappa shape index (κ1) is 37.3. The minimum Gasteiger partial charge on any atom is -1.00 e. The van der Waals surface area contributed by atoms with Crippen LogP contribution in [0.15, 0.2) is 0 Å². The maximum atomic E-state index is 2.35. The molecule has 20 heavy (non-hydrogen) atoms. The van der Waals surface area contributed by atoms with E-state index in [1.165, 1.54) is 56.5 Å². The Morgan fingerprint density at radius 1 is 0.750 bits per heavy atom. The van der Waals surface area contributed by atoms with Crippen LogP contribution in [0.2, 0.25) is 0 Å². The van der Waals surface area contributed by atoms with Gasteiger partial charge in [0.1, 0.15) is 0 Å². The lowest BCUT2D eigenvalue weighted by Crippen LogP contribution is -3.05. The van der Waals surface area contributed by atoms with Crippen molar-refractivity contribution in [3.63, 3.8) is 0 Å². The van der Waals surface area contributed by atoms with E-state index in [2.05, 4.69) is 34.9 Å². The Morgan fingerprint density at radius 3 is 1.45 bits per heavy atom. The predicted molar refractivity (Wildman–Crippen MR) is 88.5 cm³/mol. The van der Waals surface area contributed by atoms with Gasteiger partial charge in [-0.15, -0.1) is 0 Å². The zero-order valence-electron chi connectivity index (χ0n) is 12.4. The molecule has 0 aromatic rings. The number of rotatable bonds is 9. The molecule has 0 saturated carbocycles. The van der Waals surface area contributed by atoms with E-state index in [4.69, 9.17) is 0 Å². The summed E-state index contributed by atoms with van der Waals surface area (Å²) in [5.74, 6) is 0. The van der Waals surface area contributed by atoms with Crippen molar-refractivity contribution in [3.05, 3.63) is 0 Å². The van der Waals surface area contributed by atoms with E-state index in [9.17, 15) is 0 Å². The molecule has 0 radical (unpaired) electrons. The average molecular weight is 424 g/mol. The minimum atomic E-state index is 0. The van der Waals surface area contributed by atoms with Crippen molar-refractivity contribution < 1.29 is 43.3 Å². The molecule has 0 aliphatic rings. The molecule has 0 aromatic carbocycles. The Hall–Kier alpha value is 0.880. The van der Waals surface area contributed by atoms with Crippen LogP contribution in [0.4, 0.5) is 0 Å². The third-order valence-electron chi connectivity index (χ3n) is 3.64. The first-order valence-electron chi connectivity index (χ1n) is 6.74. The molecule has 0 fully saturated rings. The van der Waals surface area contributed by atoms with Crippen LogP contribution in [-0.4, -0.2) is 51.3 Å². The summed E-state index contributed by atoms with van der Waals surface area (Å²) < 4.78 is 1.33. The van der Waals surface area contributed by atoms with E-state index in [-0.39, 0.29) is 56.2 Å². The molecule has 0 heterocycles. The lowest BCUT2D eigenvalue weighted by atomic mass is 10.2. The van der Waals surface area contributed by atoms with Gasteiger partial charge in [0.15, 0.2) is 0 Å². The standard InChI is InChI=1S/C13H31N2.3CH4.2BrH/c1-6-9-12-15(7-2,8-3)13-10-11-14(4)5;;;;;/h6-13H2,1-5H3;3*1H4;2*1H/q+1;;;;;/p-1. The zero-order chi connectivity index (χ0) is 11.7. The van der Waals surface area contributed by atoms with Gasteiger partial charge in [0.25, 0.3) is 0 Å². The van der Waals surface area contributed by atoms with Gasteiger partial charge in [-0.3, -0.25) is 0 Å². The fourth-order valence-electron chi connectivity index (χ4n) is 2.23. The van der Waals surface area contributed by atoms with Crippen LogP contribution in [-0.2, 0) is 0 Å². The third kappa shape index (κ3) is 16.9. The number of nitrogens with one attached hydrogen (secondary N) is 1. The van der Waals surface area contributed by atoms with Crippen molar-refractivity contribution in [2.75, 3.05) is 46.8 Å². The monoisotopic (exact) mass is 422 g/mol. The quantitative estimate of drug-likeness (QED) is 0.379. The van der Waals surface area contributed by atoms with Gasteiger partial charge in [0.2, 0.25) is 0 Å². The van der Waals surface area contributed by atoms with Crippen molar-refractivity contribution in [2.24, 2.45) is 0 Å². The number of hydrogen-bond donors (Lipinski definition) is 1. The Morgan fingerprint density at radius 2 is 1.15 bits per heavy atom. The highest BCUT2D eigenvalue weighted by Gasteiger charge is 2.21. The summed E-state index contributed by atoms with van der Waals surface area (Å²) >= 11 is 0. The topological polar surface area (TPSA) is 4.44 Å². The van der Waals surface area contributed by atoms with Gasteiger partial charge < -0.3 is 43.3 Å². The molecule has 0 rings (SSSR count). The molecular weight excluding hydrogens is 380 g/mol. The third-order valence-corrected chi connectivity index (χ3v) is 3.64. The van der Waals surface area contributed by atoms with Crippen molar-refractivity contribution >= 4 is 0 Å². The van der Waals surface area contributed by atoms with Crippen LogP contribution >= 0.6 is 0 Å². The number of halogens is 2. The number of hydrogen-bond acceptors (Lipinski definition) is 0. The summed E-state index contributed by atoms with van der Waals surface area (Å²) in [6.07, 6.45) is 4.09. The fraction of sp³-hybridized carbons (Fsp3) is 1.00.